The van der Waals surface area contributed by atoms with E-state index < -0.39 is 23.0 Å². The number of nitrogens with one attached hydrogen (secondary N) is 3. The second kappa shape index (κ2) is 16.6. The van der Waals surface area contributed by atoms with E-state index in [1.165, 1.54) is 29.2 Å². The van der Waals surface area contributed by atoms with Crippen molar-refractivity contribution in [2.45, 2.75) is 56.1 Å². The number of amides is 3. The number of esters is 1. The van der Waals surface area contributed by atoms with Crippen LogP contribution in [-0.2, 0) is 27.2 Å². The Morgan fingerprint density at radius 1 is 0.938 bits per heavy atom. The fraction of sp³-hybridized carbons (Fsp3) is 0.243. The van der Waals surface area contributed by atoms with E-state index in [4.69, 9.17) is 16.3 Å². The van der Waals surface area contributed by atoms with Crippen molar-refractivity contribution in [2.75, 3.05) is 17.2 Å². The summed E-state index contributed by atoms with van der Waals surface area (Å²) in [7, 11) is 0. The molecule has 0 bridgehead atoms. The van der Waals surface area contributed by atoms with Crippen LogP contribution in [0, 0.1) is 0 Å². The lowest BCUT2D eigenvalue weighted by atomic mass is 10.1. The first-order valence-corrected chi connectivity index (χ1v) is 17.8. The van der Waals surface area contributed by atoms with Crippen molar-refractivity contribution in [3.63, 3.8) is 0 Å². The summed E-state index contributed by atoms with van der Waals surface area (Å²) in [5.74, 6) is -1.64. The molecule has 0 fully saturated rings. The third kappa shape index (κ3) is 8.94. The van der Waals surface area contributed by atoms with Crippen LogP contribution in [0.5, 0.6) is 0 Å². The van der Waals surface area contributed by atoms with E-state index >= 15 is 0 Å². The zero-order chi connectivity index (χ0) is 34.0. The molecule has 1 atom stereocenters. The van der Waals surface area contributed by atoms with Gasteiger partial charge in [0.25, 0.3) is 11.8 Å². The molecule has 5 rings (SSSR count). The first kappa shape index (κ1) is 34.9. The van der Waals surface area contributed by atoms with Crippen LogP contribution in [0.4, 0.5) is 10.7 Å². The summed E-state index contributed by atoms with van der Waals surface area (Å²) < 4.78 is 5.36. The van der Waals surface area contributed by atoms with Crippen molar-refractivity contribution in [2.24, 2.45) is 0 Å². The zero-order valence-electron chi connectivity index (χ0n) is 26.6. The maximum absolute atomic E-state index is 13.5. The van der Waals surface area contributed by atoms with Gasteiger partial charge in [-0.2, -0.15) is 0 Å². The lowest BCUT2D eigenvalue weighted by Gasteiger charge is -2.14. The number of hydrogen-bond donors (Lipinski definition) is 3. The van der Waals surface area contributed by atoms with Crippen molar-refractivity contribution in [1.82, 2.24) is 5.32 Å². The van der Waals surface area contributed by atoms with Gasteiger partial charge in [-0.3, -0.25) is 14.4 Å². The molecule has 1 unspecified atom stereocenters. The summed E-state index contributed by atoms with van der Waals surface area (Å²) in [4.78, 5) is 54.7. The van der Waals surface area contributed by atoms with E-state index in [-0.39, 0.29) is 18.2 Å². The predicted molar refractivity (Wildman–Crippen MR) is 194 cm³/mol. The van der Waals surface area contributed by atoms with Crippen molar-refractivity contribution < 1.29 is 23.9 Å². The summed E-state index contributed by atoms with van der Waals surface area (Å²) in [6.45, 7) is 3.82. The Hall–Kier alpha value is -4.38. The topological polar surface area (TPSA) is 114 Å². The highest BCUT2D eigenvalue weighted by Crippen LogP contribution is 2.38. The van der Waals surface area contributed by atoms with Crippen molar-refractivity contribution >= 4 is 75.2 Å². The van der Waals surface area contributed by atoms with E-state index in [0.717, 1.165) is 47.4 Å². The van der Waals surface area contributed by atoms with Gasteiger partial charge in [0.05, 0.1) is 17.4 Å². The monoisotopic (exact) mass is 701 g/mol. The predicted octanol–water partition coefficient (Wildman–Crippen LogP) is 8.38. The molecule has 1 heterocycles. The third-order valence-electron chi connectivity index (χ3n) is 7.65. The average Bonchev–Trinajstić information content (AvgIpc) is 3.25. The van der Waals surface area contributed by atoms with Gasteiger partial charge in [-0.1, -0.05) is 60.5 Å². The van der Waals surface area contributed by atoms with Gasteiger partial charge in [0.15, 0.2) is 0 Å². The minimum absolute atomic E-state index is 0.00880. The van der Waals surface area contributed by atoms with Gasteiger partial charge < -0.3 is 20.7 Å². The number of hydrogen-bond acceptors (Lipinski definition) is 7. The Balaban J connectivity index is 1.30. The molecule has 4 aromatic rings. The highest BCUT2D eigenvalue weighted by Gasteiger charge is 2.28. The smallest absolute Gasteiger partial charge is 0.341 e. The molecule has 8 nitrogen and oxygen atoms in total. The Morgan fingerprint density at radius 3 is 2.46 bits per heavy atom. The van der Waals surface area contributed by atoms with E-state index in [1.807, 2.05) is 6.07 Å². The van der Waals surface area contributed by atoms with Crippen LogP contribution in [0.25, 0.3) is 6.08 Å². The molecule has 3 N–H and O–H groups in total. The van der Waals surface area contributed by atoms with Crippen molar-refractivity contribution in [3.8, 4) is 0 Å². The molecule has 1 aromatic heterocycles. The van der Waals surface area contributed by atoms with Crippen LogP contribution >= 0.6 is 34.7 Å². The number of fused-ring (bicyclic) bond motifs is 1. The summed E-state index contributed by atoms with van der Waals surface area (Å²) in [5.41, 5.74) is 2.92. The maximum Gasteiger partial charge on any atom is 0.341 e. The summed E-state index contributed by atoms with van der Waals surface area (Å²) in [6.07, 6.45) is 6.37. The number of carbonyl (C=O) groups excluding carboxylic acids is 4. The zero-order valence-corrected chi connectivity index (χ0v) is 29.0. The maximum atomic E-state index is 13.5. The molecule has 0 aliphatic heterocycles. The van der Waals surface area contributed by atoms with Gasteiger partial charge in [-0.25, -0.2) is 4.79 Å². The Kier molecular flexibility index (Phi) is 12.1. The minimum atomic E-state index is -0.545. The van der Waals surface area contributed by atoms with Gasteiger partial charge in [-0.15, -0.1) is 23.1 Å². The molecule has 3 amide bonds. The highest BCUT2D eigenvalue weighted by molar-refractivity contribution is 8.00. The summed E-state index contributed by atoms with van der Waals surface area (Å²) >= 11 is 9.14. The summed E-state index contributed by atoms with van der Waals surface area (Å²) in [6, 6.07) is 22.7. The van der Waals surface area contributed by atoms with Crippen LogP contribution in [0.3, 0.4) is 0 Å². The van der Waals surface area contributed by atoms with Crippen LogP contribution in [0.15, 0.2) is 89.5 Å². The second-order valence-corrected chi connectivity index (χ2v) is 14.0. The molecule has 1 aliphatic rings. The first-order valence-electron chi connectivity index (χ1n) is 15.8. The normalized spacial score (nSPS) is 13.4. The Labute approximate surface area is 293 Å². The fourth-order valence-corrected chi connectivity index (χ4v) is 7.65. The SMILES string of the molecule is CCOC(=O)c1c(NC(=O)C(C)Sc2cccc(NC(=O)/C(=C\c3ccccc3Cl)NC(=O)c3ccccc3)c2)sc2c1CCCCC2. The van der Waals surface area contributed by atoms with Gasteiger partial charge in [0.1, 0.15) is 10.7 Å². The van der Waals surface area contributed by atoms with E-state index in [1.54, 1.807) is 86.6 Å². The second-order valence-electron chi connectivity index (χ2n) is 11.1. The van der Waals surface area contributed by atoms with Crippen LogP contribution in [0.1, 0.15) is 69.8 Å². The number of carbonyl (C=O) groups is 4. The fourth-order valence-electron chi connectivity index (χ4n) is 5.26. The summed E-state index contributed by atoms with van der Waals surface area (Å²) in [5, 5.41) is 9.02. The van der Waals surface area contributed by atoms with Gasteiger partial charge in [0.2, 0.25) is 5.91 Å². The molecule has 248 valence electrons. The average molecular weight is 702 g/mol. The number of thiophene rings is 1. The lowest BCUT2D eigenvalue weighted by Crippen LogP contribution is -2.30. The number of thioether (sulfide) groups is 1. The van der Waals surface area contributed by atoms with Gasteiger partial charge in [-0.05, 0) is 93.1 Å². The largest absolute Gasteiger partial charge is 0.462 e. The molecule has 48 heavy (non-hydrogen) atoms. The minimum Gasteiger partial charge on any atom is -0.462 e. The standard InChI is InChI=1S/C37H36ClN3O5S2/c1-3-46-37(45)32-28-18-8-5-9-20-31(28)48-36(32)41-33(42)23(2)47-27-17-12-16-26(22-27)39-35(44)30(21-25-15-10-11-19-29(25)38)40-34(43)24-13-6-4-7-14-24/h4,6-7,10-17,19,21-23H,3,5,8-9,18,20H2,1-2H3,(H,39,44)(H,40,43)(H,41,42)/b30-21+. The first-order chi connectivity index (χ1) is 23.2. The molecule has 3 aromatic carbocycles. The lowest BCUT2D eigenvalue weighted by molar-refractivity contribution is -0.115. The molecule has 1 aliphatic carbocycles. The molecule has 0 saturated heterocycles. The van der Waals surface area contributed by atoms with Gasteiger partial charge in [0, 0.05) is 26.0 Å². The Morgan fingerprint density at radius 2 is 1.69 bits per heavy atom. The van der Waals surface area contributed by atoms with Crippen molar-refractivity contribution in [1.29, 1.82) is 0 Å². The van der Waals surface area contributed by atoms with Crippen LogP contribution in [0.2, 0.25) is 5.02 Å². The van der Waals surface area contributed by atoms with Crippen molar-refractivity contribution in [3.05, 3.63) is 117 Å². The number of ether oxygens (including phenoxy) is 1. The quantitative estimate of drug-likeness (QED) is 0.0627. The number of aryl methyl sites for hydroxylation is 1. The molecule has 0 radical (unpaired) electrons. The van der Waals surface area contributed by atoms with Gasteiger partial charge >= 0.3 is 5.97 Å². The number of anilines is 2. The number of benzene rings is 3. The number of rotatable bonds is 11. The molecule has 0 saturated carbocycles. The molecular weight excluding hydrogens is 666 g/mol. The van der Waals surface area contributed by atoms with E-state index in [2.05, 4.69) is 16.0 Å². The number of halogens is 1. The Bertz CT molecular complexity index is 1840. The molecular formula is C37H36ClN3O5S2. The van der Waals surface area contributed by atoms with Crippen LogP contribution in [-0.4, -0.2) is 35.5 Å². The van der Waals surface area contributed by atoms with E-state index in [9.17, 15) is 19.2 Å². The third-order valence-corrected chi connectivity index (χ3v) is 10.3. The molecule has 11 heteroatoms. The molecule has 0 spiro atoms. The van der Waals surface area contributed by atoms with Crippen LogP contribution < -0.4 is 16.0 Å². The van der Waals surface area contributed by atoms with E-state index in [0.29, 0.717) is 32.4 Å². The highest BCUT2D eigenvalue weighted by atomic mass is 35.5.